The van der Waals surface area contributed by atoms with Gasteiger partial charge in [-0.3, -0.25) is 9.59 Å². The summed E-state index contributed by atoms with van der Waals surface area (Å²) >= 11 is 0. The van der Waals surface area contributed by atoms with Gasteiger partial charge in [0.25, 0.3) is 0 Å². The van der Waals surface area contributed by atoms with E-state index in [1.54, 1.807) is 6.08 Å². The number of ketones is 2. The van der Waals surface area contributed by atoms with Gasteiger partial charge >= 0.3 is 0 Å². The molecule has 0 radical (unpaired) electrons. The maximum atomic E-state index is 11.3. The van der Waals surface area contributed by atoms with Crippen LogP contribution in [0.2, 0.25) is 0 Å². The zero-order chi connectivity index (χ0) is 12.7. The Hall–Kier alpha value is -1.26. The summed E-state index contributed by atoms with van der Waals surface area (Å²) in [4.78, 5) is 22.1. The van der Waals surface area contributed by atoms with E-state index in [9.17, 15) is 14.7 Å². The third kappa shape index (κ3) is 5.06. The SMILES string of the molecule is O=C(CO)CCC/C=C\CC1=CC(O)CC1=O. The van der Waals surface area contributed by atoms with Crippen molar-refractivity contribution in [2.45, 2.75) is 38.2 Å². The first kappa shape index (κ1) is 13.8. The third-order valence-electron chi connectivity index (χ3n) is 2.65. The molecule has 1 rings (SSSR count). The van der Waals surface area contributed by atoms with Gasteiger partial charge in [0.05, 0.1) is 6.10 Å². The van der Waals surface area contributed by atoms with Crippen molar-refractivity contribution < 1.29 is 19.8 Å². The summed E-state index contributed by atoms with van der Waals surface area (Å²) < 4.78 is 0. The lowest BCUT2D eigenvalue weighted by Gasteiger charge is -1.95. The zero-order valence-electron chi connectivity index (χ0n) is 9.76. The predicted molar refractivity (Wildman–Crippen MR) is 63.4 cm³/mol. The van der Waals surface area contributed by atoms with E-state index in [1.807, 2.05) is 12.2 Å². The van der Waals surface area contributed by atoms with E-state index in [2.05, 4.69) is 0 Å². The van der Waals surface area contributed by atoms with Gasteiger partial charge in [0.1, 0.15) is 6.61 Å². The molecular formula is C13H18O4. The van der Waals surface area contributed by atoms with Crippen LogP contribution in [0.15, 0.2) is 23.8 Å². The summed E-state index contributed by atoms with van der Waals surface area (Å²) in [6.45, 7) is -0.386. The normalized spacial score (nSPS) is 20.0. The maximum Gasteiger partial charge on any atom is 0.161 e. The Kier molecular flexibility index (Phi) is 5.80. The molecule has 4 heteroatoms. The Morgan fingerprint density at radius 1 is 1.47 bits per heavy atom. The molecule has 2 N–H and O–H groups in total. The number of hydrogen-bond donors (Lipinski definition) is 2. The largest absolute Gasteiger partial charge is 0.389 e. The lowest BCUT2D eigenvalue weighted by Crippen LogP contribution is -2.02. The number of unbranched alkanes of at least 4 members (excludes halogenated alkanes) is 1. The van der Waals surface area contributed by atoms with Crippen LogP contribution in [0.25, 0.3) is 0 Å². The second-order valence-corrected chi connectivity index (χ2v) is 4.15. The molecule has 17 heavy (non-hydrogen) atoms. The Bertz CT molecular complexity index is 341. The number of hydrogen-bond acceptors (Lipinski definition) is 4. The highest BCUT2D eigenvalue weighted by molar-refractivity contribution is 5.98. The third-order valence-corrected chi connectivity index (χ3v) is 2.65. The van der Waals surface area contributed by atoms with Gasteiger partial charge in [-0.1, -0.05) is 12.2 Å². The molecule has 1 aliphatic rings. The van der Waals surface area contributed by atoms with Crippen LogP contribution in [0.5, 0.6) is 0 Å². The molecule has 0 heterocycles. The Morgan fingerprint density at radius 2 is 2.24 bits per heavy atom. The van der Waals surface area contributed by atoms with Crippen LogP contribution in [-0.2, 0) is 9.59 Å². The van der Waals surface area contributed by atoms with E-state index < -0.39 is 6.10 Å². The Labute approximate surface area is 101 Å². The maximum absolute atomic E-state index is 11.3. The van der Waals surface area contributed by atoms with Gasteiger partial charge in [0.2, 0.25) is 0 Å². The van der Waals surface area contributed by atoms with Crippen molar-refractivity contribution >= 4 is 11.6 Å². The predicted octanol–water partition coefficient (Wildman–Crippen LogP) is 0.924. The molecule has 0 saturated heterocycles. The fourth-order valence-electron chi connectivity index (χ4n) is 1.71. The van der Waals surface area contributed by atoms with Gasteiger partial charge in [-0.2, -0.15) is 0 Å². The van der Waals surface area contributed by atoms with Crippen LogP contribution in [0.4, 0.5) is 0 Å². The minimum atomic E-state index is -0.618. The first-order chi connectivity index (χ1) is 8.13. The van der Waals surface area contributed by atoms with Crippen LogP contribution >= 0.6 is 0 Å². The average molecular weight is 238 g/mol. The zero-order valence-corrected chi connectivity index (χ0v) is 9.76. The van der Waals surface area contributed by atoms with Crippen LogP contribution in [0, 0.1) is 0 Å². The monoisotopic (exact) mass is 238 g/mol. The number of carbonyl (C=O) groups excluding carboxylic acids is 2. The van der Waals surface area contributed by atoms with Crippen LogP contribution < -0.4 is 0 Å². The van der Waals surface area contributed by atoms with E-state index in [-0.39, 0.29) is 24.6 Å². The molecule has 0 fully saturated rings. The summed E-state index contributed by atoms with van der Waals surface area (Å²) in [7, 11) is 0. The molecular weight excluding hydrogens is 220 g/mol. The first-order valence-electron chi connectivity index (χ1n) is 5.83. The van der Waals surface area contributed by atoms with E-state index in [0.717, 1.165) is 6.42 Å². The van der Waals surface area contributed by atoms with Gasteiger partial charge in [-0.15, -0.1) is 0 Å². The van der Waals surface area contributed by atoms with Crippen LogP contribution in [-0.4, -0.2) is 34.5 Å². The standard InChI is InChI=1S/C13H18O4/c14-9-11(15)6-4-2-1-3-5-10-7-12(16)8-13(10)17/h1,3,7,12,14,16H,2,4-6,8-9H2/b3-1-. The molecule has 4 nitrogen and oxygen atoms in total. The number of carbonyl (C=O) groups is 2. The van der Waals surface area contributed by atoms with Crippen molar-refractivity contribution in [3.05, 3.63) is 23.8 Å². The molecule has 1 aliphatic carbocycles. The minimum Gasteiger partial charge on any atom is -0.389 e. The molecule has 0 aromatic heterocycles. The fraction of sp³-hybridized carbons (Fsp3) is 0.538. The Balaban J connectivity index is 2.16. The average Bonchev–Trinajstić information content (AvgIpc) is 2.62. The lowest BCUT2D eigenvalue weighted by molar-refractivity contribution is -0.121. The van der Waals surface area contributed by atoms with E-state index in [0.29, 0.717) is 24.8 Å². The van der Waals surface area contributed by atoms with Gasteiger partial charge < -0.3 is 10.2 Å². The summed E-state index contributed by atoms with van der Waals surface area (Å²) in [5.41, 5.74) is 0.667. The minimum absolute atomic E-state index is 0.0117. The second-order valence-electron chi connectivity index (χ2n) is 4.15. The molecule has 0 saturated carbocycles. The van der Waals surface area contributed by atoms with E-state index >= 15 is 0 Å². The fourth-order valence-corrected chi connectivity index (χ4v) is 1.71. The lowest BCUT2D eigenvalue weighted by atomic mass is 10.1. The summed E-state index contributed by atoms with van der Waals surface area (Å²) in [6.07, 6.45) is 7.39. The molecule has 0 aliphatic heterocycles. The highest BCUT2D eigenvalue weighted by Crippen LogP contribution is 2.18. The number of aliphatic hydroxyl groups excluding tert-OH is 2. The Morgan fingerprint density at radius 3 is 2.82 bits per heavy atom. The molecule has 0 bridgehead atoms. The van der Waals surface area contributed by atoms with Crippen molar-refractivity contribution in [3.8, 4) is 0 Å². The molecule has 0 aromatic carbocycles. The van der Waals surface area contributed by atoms with Crippen molar-refractivity contribution in [1.82, 2.24) is 0 Å². The first-order valence-corrected chi connectivity index (χ1v) is 5.83. The topological polar surface area (TPSA) is 74.6 Å². The van der Waals surface area contributed by atoms with Crippen LogP contribution in [0.3, 0.4) is 0 Å². The molecule has 0 aromatic rings. The van der Waals surface area contributed by atoms with Crippen molar-refractivity contribution in [1.29, 1.82) is 0 Å². The van der Waals surface area contributed by atoms with Crippen molar-refractivity contribution in [3.63, 3.8) is 0 Å². The number of rotatable bonds is 7. The quantitative estimate of drug-likeness (QED) is 0.511. The molecule has 94 valence electrons. The van der Waals surface area contributed by atoms with Gasteiger partial charge in [0, 0.05) is 12.8 Å². The van der Waals surface area contributed by atoms with E-state index in [1.165, 1.54) is 0 Å². The number of aliphatic hydroxyl groups is 2. The van der Waals surface area contributed by atoms with E-state index in [4.69, 9.17) is 5.11 Å². The van der Waals surface area contributed by atoms with Crippen molar-refractivity contribution in [2.24, 2.45) is 0 Å². The number of Topliss-reactive ketones (excluding diaryl/α,β-unsaturated/α-hetero) is 2. The molecule has 1 atom stereocenters. The molecule has 1 unspecified atom stereocenters. The highest BCUT2D eigenvalue weighted by Gasteiger charge is 2.20. The van der Waals surface area contributed by atoms with Gasteiger partial charge in [0.15, 0.2) is 11.6 Å². The van der Waals surface area contributed by atoms with Gasteiger partial charge in [-0.25, -0.2) is 0 Å². The smallest absolute Gasteiger partial charge is 0.161 e. The second kappa shape index (κ2) is 7.14. The van der Waals surface area contributed by atoms with Crippen molar-refractivity contribution in [2.75, 3.05) is 6.61 Å². The highest BCUT2D eigenvalue weighted by atomic mass is 16.3. The summed E-state index contributed by atoms with van der Waals surface area (Å²) in [5.74, 6) is -0.132. The summed E-state index contributed by atoms with van der Waals surface area (Å²) in [5, 5.41) is 17.7. The van der Waals surface area contributed by atoms with Gasteiger partial charge in [-0.05, 0) is 30.9 Å². The molecule has 0 spiro atoms. The molecule has 0 amide bonds. The summed E-state index contributed by atoms with van der Waals surface area (Å²) in [6, 6.07) is 0. The van der Waals surface area contributed by atoms with Crippen LogP contribution in [0.1, 0.15) is 32.1 Å². The number of allylic oxidation sites excluding steroid dienone is 3.